The van der Waals surface area contributed by atoms with Crippen LogP contribution in [-0.2, 0) is 0 Å². The van der Waals surface area contributed by atoms with E-state index in [1.807, 2.05) is 12.1 Å². The van der Waals surface area contributed by atoms with Gasteiger partial charge in [0.25, 0.3) is 0 Å². The first-order valence-corrected chi connectivity index (χ1v) is 7.22. The lowest BCUT2D eigenvalue weighted by atomic mass is 10.1. The van der Waals surface area contributed by atoms with Gasteiger partial charge in [-0.25, -0.2) is 0 Å². The number of rotatable bonds is 4. The maximum Gasteiger partial charge on any atom is 0.101 e. The van der Waals surface area contributed by atoms with E-state index in [1.54, 1.807) is 0 Å². The van der Waals surface area contributed by atoms with Gasteiger partial charge in [-0.1, -0.05) is 22.9 Å². The van der Waals surface area contributed by atoms with Crippen LogP contribution in [0.1, 0.15) is 25.3 Å². The fourth-order valence-electron chi connectivity index (χ4n) is 2.49. The lowest BCUT2D eigenvalue weighted by Crippen LogP contribution is -2.38. The van der Waals surface area contributed by atoms with Crippen molar-refractivity contribution in [2.45, 2.75) is 25.8 Å². The number of benzene rings is 1. The minimum Gasteiger partial charge on any atom is -0.366 e. The summed E-state index contributed by atoms with van der Waals surface area (Å²) in [6, 6.07) is 8.79. The van der Waals surface area contributed by atoms with Crippen LogP contribution in [0.5, 0.6) is 0 Å². The lowest BCUT2D eigenvalue weighted by molar-refractivity contribution is 0.625. The summed E-state index contributed by atoms with van der Waals surface area (Å²) in [5.74, 6) is 0. The molecule has 0 bridgehead atoms. The molecule has 2 rings (SSSR count). The van der Waals surface area contributed by atoms with Crippen molar-refractivity contribution in [3.63, 3.8) is 0 Å². The van der Waals surface area contributed by atoms with E-state index in [-0.39, 0.29) is 0 Å². The summed E-state index contributed by atoms with van der Waals surface area (Å²) >= 11 is 3.43. The summed E-state index contributed by atoms with van der Waals surface area (Å²) in [5.41, 5.74) is 1.82. The topological polar surface area (TPSA) is 39.1 Å². The molecule has 1 atom stereocenters. The molecule has 3 nitrogen and oxygen atoms in total. The van der Waals surface area contributed by atoms with E-state index in [1.165, 1.54) is 0 Å². The Morgan fingerprint density at radius 3 is 3.00 bits per heavy atom. The predicted octanol–water partition coefficient (Wildman–Crippen LogP) is 2.90. The van der Waals surface area contributed by atoms with Crippen LogP contribution >= 0.6 is 15.9 Å². The zero-order valence-corrected chi connectivity index (χ0v) is 12.2. The van der Waals surface area contributed by atoms with Gasteiger partial charge in [-0.2, -0.15) is 5.26 Å². The average molecular weight is 308 g/mol. The van der Waals surface area contributed by atoms with Crippen LogP contribution in [0.3, 0.4) is 0 Å². The molecule has 0 saturated carbocycles. The van der Waals surface area contributed by atoms with E-state index in [0.717, 1.165) is 48.2 Å². The summed E-state index contributed by atoms with van der Waals surface area (Å²) < 4.78 is 0.962. The van der Waals surface area contributed by atoms with Crippen molar-refractivity contribution >= 4 is 21.6 Å². The van der Waals surface area contributed by atoms with E-state index in [0.29, 0.717) is 6.04 Å². The summed E-state index contributed by atoms with van der Waals surface area (Å²) in [6.07, 6.45) is 2.25. The zero-order valence-electron chi connectivity index (χ0n) is 10.6. The first-order chi connectivity index (χ1) is 8.76. The van der Waals surface area contributed by atoms with E-state index >= 15 is 0 Å². The second kappa shape index (κ2) is 6.21. The molecule has 0 aliphatic carbocycles. The van der Waals surface area contributed by atoms with Gasteiger partial charge >= 0.3 is 0 Å². The molecule has 1 fully saturated rings. The van der Waals surface area contributed by atoms with Crippen LogP contribution in [0.25, 0.3) is 0 Å². The van der Waals surface area contributed by atoms with Gasteiger partial charge in [0.05, 0.1) is 11.3 Å². The Balaban J connectivity index is 2.32. The Bertz CT molecular complexity index is 447. The number of nitrogens with zero attached hydrogens (tertiary/aromatic N) is 2. The molecule has 0 spiro atoms. The highest BCUT2D eigenvalue weighted by molar-refractivity contribution is 9.10. The second-order valence-electron chi connectivity index (χ2n) is 4.61. The number of hydrogen-bond acceptors (Lipinski definition) is 3. The van der Waals surface area contributed by atoms with Crippen LogP contribution in [0.4, 0.5) is 5.69 Å². The van der Waals surface area contributed by atoms with E-state index < -0.39 is 0 Å². The molecule has 4 heteroatoms. The molecular formula is C14H18BrN3. The van der Waals surface area contributed by atoms with Gasteiger partial charge in [0.15, 0.2) is 0 Å². The Morgan fingerprint density at radius 2 is 2.39 bits per heavy atom. The van der Waals surface area contributed by atoms with Crippen LogP contribution in [0.2, 0.25) is 0 Å². The summed E-state index contributed by atoms with van der Waals surface area (Å²) in [5, 5.41) is 12.7. The minimum atomic E-state index is 0.512. The van der Waals surface area contributed by atoms with Gasteiger partial charge in [-0.15, -0.1) is 0 Å². The van der Waals surface area contributed by atoms with Crippen molar-refractivity contribution in [3.05, 3.63) is 28.2 Å². The maximum absolute atomic E-state index is 9.29. The molecular weight excluding hydrogens is 290 g/mol. The lowest BCUT2D eigenvalue weighted by Gasteiger charge is -2.31. The predicted molar refractivity (Wildman–Crippen MR) is 77.8 cm³/mol. The molecule has 96 valence electrons. The van der Waals surface area contributed by atoms with Crippen molar-refractivity contribution in [2.24, 2.45) is 0 Å². The van der Waals surface area contributed by atoms with Crippen molar-refractivity contribution in [1.29, 1.82) is 5.26 Å². The molecule has 1 aliphatic heterocycles. The Morgan fingerprint density at radius 1 is 1.56 bits per heavy atom. The number of halogens is 1. The van der Waals surface area contributed by atoms with Crippen LogP contribution in [-0.4, -0.2) is 25.7 Å². The number of nitrogens with one attached hydrogen (secondary N) is 1. The molecule has 1 aliphatic rings. The summed E-state index contributed by atoms with van der Waals surface area (Å²) in [6.45, 7) is 5.27. The third kappa shape index (κ3) is 2.85. The minimum absolute atomic E-state index is 0.512. The SMILES string of the molecule is CCCN(c1ccc(Br)cc1C#N)C1CCNC1. The average Bonchev–Trinajstić information content (AvgIpc) is 2.90. The Kier molecular flexibility index (Phi) is 4.62. The van der Waals surface area contributed by atoms with Crippen molar-refractivity contribution in [1.82, 2.24) is 5.32 Å². The van der Waals surface area contributed by atoms with E-state index in [2.05, 4.69) is 45.2 Å². The Hall–Kier alpha value is -1.05. The third-order valence-corrected chi connectivity index (χ3v) is 3.82. The standard InChI is InChI=1S/C14H18BrN3/c1-2-7-18(13-5-6-17-10-13)14-4-3-12(15)8-11(14)9-16/h3-4,8,13,17H,2,5-7,10H2,1H3. The molecule has 0 aromatic heterocycles. The highest BCUT2D eigenvalue weighted by atomic mass is 79.9. The van der Waals surface area contributed by atoms with Gasteiger partial charge in [0.2, 0.25) is 0 Å². The fourth-order valence-corrected chi connectivity index (χ4v) is 2.86. The largest absolute Gasteiger partial charge is 0.366 e. The van der Waals surface area contributed by atoms with Gasteiger partial charge < -0.3 is 10.2 Å². The van der Waals surface area contributed by atoms with E-state index in [9.17, 15) is 5.26 Å². The van der Waals surface area contributed by atoms with Gasteiger partial charge in [-0.05, 0) is 37.6 Å². The second-order valence-corrected chi connectivity index (χ2v) is 5.53. The quantitative estimate of drug-likeness (QED) is 0.929. The highest BCUT2D eigenvalue weighted by Crippen LogP contribution is 2.27. The molecule has 1 heterocycles. The van der Waals surface area contributed by atoms with Crippen LogP contribution in [0, 0.1) is 11.3 Å². The molecule has 1 aromatic carbocycles. The molecule has 1 saturated heterocycles. The fraction of sp³-hybridized carbons (Fsp3) is 0.500. The summed E-state index contributed by atoms with van der Waals surface area (Å²) in [7, 11) is 0. The number of anilines is 1. The van der Waals surface area contributed by atoms with Crippen LogP contribution in [0.15, 0.2) is 22.7 Å². The number of nitriles is 1. The van der Waals surface area contributed by atoms with Crippen molar-refractivity contribution < 1.29 is 0 Å². The number of hydrogen-bond donors (Lipinski definition) is 1. The Labute approximate surface area is 117 Å². The first-order valence-electron chi connectivity index (χ1n) is 6.43. The molecule has 1 aromatic rings. The maximum atomic E-state index is 9.29. The molecule has 1 N–H and O–H groups in total. The molecule has 1 unspecified atom stereocenters. The summed E-state index contributed by atoms with van der Waals surface area (Å²) in [4.78, 5) is 2.38. The van der Waals surface area contributed by atoms with Crippen molar-refractivity contribution in [3.8, 4) is 6.07 Å². The first kappa shape index (κ1) is 13.4. The molecule has 0 radical (unpaired) electrons. The third-order valence-electron chi connectivity index (χ3n) is 3.33. The monoisotopic (exact) mass is 307 g/mol. The smallest absolute Gasteiger partial charge is 0.101 e. The highest BCUT2D eigenvalue weighted by Gasteiger charge is 2.23. The zero-order chi connectivity index (χ0) is 13.0. The van der Waals surface area contributed by atoms with Gasteiger partial charge in [0, 0.05) is 23.6 Å². The van der Waals surface area contributed by atoms with Gasteiger partial charge in [0.1, 0.15) is 6.07 Å². The molecule has 18 heavy (non-hydrogen) atoms. The van der Waals surface area contributed by atoms with Crippen LogP contribution < -0.4 is 10.2 Å². The van der Waals surface area contributed by atoms with Crippen molar-refractivity contribution in [2.75, 3.05) is 24.5 Å². The molecule has 0 amide bonds. The van der Waals surface area contributed by atoms with Gasteiger partial charge in [-0.3, -0.25) is 0 Å². The normalized spacial score (nSPS) is 18.6. The van der Waals surface area contributed by atoms with E-state index in [4.69, 9.17) is 0 Å².